The SMILES string of the molecule is O=C1O[C@]2(CC[C@H](CNc3ccc(-c4ccccn4)nn3)CC2)CN1c1ccccn1.O=CO. The highest BCUT2D eigenvalue weighted by molar-refractivity contribution is 5.89. The predicted octanol–water partition coefficient (Wildman–Crippen LogP) is 3.63. The fraction of sp³-hybridized carbons (Fsp3) is 0.333. The van der Waals surface area contributed by atoms with Crippen molar-refractivity contribution >= 4 is 24.2 Å². The molecule has 0 atom stereocenters. The van der Waals surface area contributed by atoms with Crippen LogP contribution >= 0.6 is 0 Å². The number of ether oxygens (including phenoxy) is 1. The normalized spacial score (nSPS) is 21.4. The highest BCUT2D eigenvalue weighted by atomic mass is 16.6. The summed E-state index contributed by atoms with van der Waals surface area (Å²) in [5, 5.41) is 18.8. The van der Waals surface area contributed by atoms with Crippen LogP contribution in [0, 0.1) is 5.92 Å². The molecule has 1 saturated carbocycles. The zero-order chi connectivity index (χ0) is 23.8. The van der Waals surface area contributed by atoms with Gasteiger partial charge in [-0.3, -0.25) is 14.7 Å². The minimum absolute atomic E-state index is 0.250. The molecule has 0 bridgehead atoms. The van der Waals surface area contributed by atoms with Crippen LogP contribution in [0.15, 0.2) is 60.9 Å². The van der Waals surface area contributed by atoms with Crippen molar-refractivity contribution in [2.24, 2.45) is 5.92 Å². The fourth-order valence-electron chi connectivity index (χ4n) is 4.31. The molecule has 1 aliphatic heterocycles. The summed E-state index contributed by atoms with van der Waals surface area (Å²) in [5.41, 5.74) is 1.17. The predicted molar refractivity (Wildman–Crippen MR) is 125 cm³/mol. The highest BCUT2D eigenvalue weighted by Gasteiger charge is 2.47. The maximum atomic E-state index is 12.4. The van der Waals surface area contributed by atoms with E-state index in [-0.39, 0.29) is 12.6 Å². The van der Waals surface area contributed by atoms with Crippen molar-refractivity contribution in [2.75, 3.05) is 23.3 Å². The molecule has 1 saturated heterocycles. The van der Waals surface area contributed by atoms with E-state index in [9.17, 15) is 4.79 Å². The summed E-state index contributed by atoms with van der Waals surface area (Å²) in [5.74, 6) is 1.92. The first-order chi connectivity index (χ1) is 16.6. The van der Waals surface area contributed by atoms with Gasteiger partial charge in [0.1, 0.15) is 22.9 Å². The summed E-state index contributed by atoms with van der Waals surface area (Å²) in [6, 6.07) is 15.2. The highest BCUT2D eigenvalue weighted by Crippen LogP contribution is 2.40. The van der Waals surface area contributed by atoms with Gasteiger partial charge in [-0.1, -0.05) is 12.1 Å². The molecule has 0 radical (unpaired) electrons. The molecular formula is C24H26N6O4. The van der Waals surface area contributed by atoms with Crippen molar-refractivity contribution < 1.29 is 19.4 Å². The minimum atomic E-state index is -0.394. The molecule has 5 rings (SSSR count). The van der Waals surface area contributed by atoms with Gasteiger partial charge in [0.2, 0.25) is 0 Å². The van der Waals surface area contributed by atoms with E-state index in [1.807, 2.05) is 48.5 Å². The van der Waals surface area contributed by atoms with E-state index < -0.39 is 5.60 Å². The molecule has 2 fully saturated rings. The van der Waals surface area contributed by atoms with Crippen molar-refractivity contribution in [3.8, 4) is 11.4 Å². The van der Waals surface area contributed by atoms with Crippen LogP contribution < -0.4 is 10.2 Å². The largest absolute Gasteiger partial charge is 0.483 e. The van der Waals surface area contributed by atoms with Gasteiger partial charge in [-0.2, -0.15) is 0 Å². The number of anilines is 2. The summed E-state index contributed by atoms with van der Waals surface area (Å²) in [6.45, 7) is 1.15. The number of hydrogen-bond acceptors (Lipinski definition) is 8. The summed E-state index contributed by atoms with van der Waals surface area (Å²) >= 11 is 0. The summed E-state index contributed by atoms with van der Waals surface area (Å²) in [6.07, 6.45) is 6.86. The molecule has 2 aliphatic rings. The molecule has 176 valence electrons. The molecular weight excluding hydrogens is 436 g/mol. The molecule has 3 aromatic heterocycles. The number of carbonyl (C=O) groups excluding carboxylic acids is 1. The van der Waals surface area contributed by atoms with Crippen LogP contribution in [0.2, 0.25) is 0 Å². The van der Waals surface area contributed by atoms with Gasteiger partial charge in [0.05, 0.1) is 12.2 Å². The second kappa shape index (κ2) is 10.7. The van der Waals surface area contributed by atoms with Gasteiger partial charge < -0.3 is 15.2 Å². The van der Waals surface area contributed by atoms with Crippen LogP contribution in [0.25, 0.3) is 11.4 Å². The Labute approximate surface area is 197 Å². The molecule has 4 heterocycles. The van der Waals surface area contributed by atoms with Gasteiger partial charge in [0.15, 0.2) is 0 Å². The lowest BCUT2D eigenvalue weighted by molar-refractivity contribution is -0.122. The van der Waals surface area contributed by atoms with E-state index in [0.29, 0.717) is 18.3 Å². The lowest BCUT2D eigenvalue weighted by Gasteiger charge is -2.35. The third-order valence-corrected chi connectivity index (χ3v) is 6.08. The van der Waals surface area contributed by atoms with Crippen molar-refractivity contribution in [2.45, 2.75) is 31.3 Å². The Hall–Kier alpha value is -4.08. The lowest BCUT2D eigenvalue weighted by Crippen LogP contribution is -2.39. The van der Waals surface area contributed by atoms with Gasteiger partial charge in [-0.15, -0.1) is 10.2 Å². The second-order valence-electron chi connectivity index (χ2n) is 8.27. The number of hydrogen-bond donors (Lipinski definition) is 2. The van der Waals surface area contributed by atoms with Crippen molar-refractivity contribution in [1.82, 2.24) is 20.2 Å². The number of carboxylic acid groups (broad SMARTS) is 1. The van der Waals surface area contributed by atoms with Crippen LogP contribution in [0.4, 0.5) is 16.4 Å². The number of nitrogens with one attached hydrogen (secondary N) is 1. The van der Waals surface area contributed by atoms with Crippen molar-refractivity contribution in [3.05, 3.63) is 60.9 Å². The Morgan fingerprint density at radius 2 is 1.76 bits per heavy atom. The van der Waals surface area contributed by atoms with Crippen LogP contribution in [-0.2, 0) is 9.53 Å². The Morgan fingerprint density at radius 3 is 2.38 bits per heavy atom. The van der Waals surface area contributed by atoms with E-state index in [2.05, 4.69) is 25.5 Å². The van der Waals surface area contributed by atoms with Crippen LogP contribution in [0.3, 0.4) is 0 Å². The number of carbonyl (C=O) groups is 2. The van der Waals surface area contributed by atoms with Crippen LogP contribution in [0.5, 0.6) is 0 Å². The first-order valence-corrected chi connectivity index (χ1v) is 11.1. The minimum Gasteiger partial charge on any atom is -0.483 e. The zero-order valence-corrected chi connectivity index (χ0v) is 18.6. The number of pyridine rings is 2. The van der Waals surface area contributed by atoms with Gasteiger partial charge >= 0.3 is 6.09 Å². The summed E-state index contributed by atoms with van der Waals surface area (Å²) in [7, 11) is 0. The Morgan fingerprint density at radius 1 is 1.03 bits per heavy atom. The average molecular weight is 463 g/mol. The molecule has 3 aromatic rings. The molecule has 34 heavy (non-hydrogen) atoms. The zero-order valence-electron chi connectivity index (χ0n) is 18.6. The molecule has 10 nitrogen and oxygen atoms in total. The van der Waals surface area contributed by atoms with E-state index in [0.717, 1.165) is 49.4 Å². The molecule has 1 spiro atoms. The molecule has 0 unspecified atom stereocenters. The second-order valence-corrected chi connectivity index (χ2v) is 8.27. The fourth-order valence-corrected chi connectivity index (χ4v) is 4.31. The van der Waals surface area contributed by atoms with Gasteiger partial charge in [0.25, 0.3) is 6.47 Å². The van der Waals surface area contributed by atoms with Gasteiger partial charge in [0, 0.05) is 18.9 Å². The first-order valence-electron chi connectivity index (χ1n) is 11.1. The Balaban J connectivity index is 0.000000868. The maximum Gasteiger partial charge on any atom is 0.416 e. The first kappa shape index (κ1) is 23.1. The van der Waals surface area contributed by atoms with Crippen LogP contribution in [0.1, 0.15) is 25.7 Å². The smallest absolute Gasteiger partial charge is 0.416 e. The third kappa shape index (κ3) is 5.45. The maximum absolute atomic E-state index is 12.4. The molecule has 0 aromatic carbocycles. The number of amides is 1. The van der Waals surface area contributed by atoms with E-state index in [4.69, 9.17) is 14.6 Å². The van der Waals surface area contributed by atoms with E-state index in [1.165, 1.54) is 0 Å². The van der Waals surface area contributed by atoms with E-state index >= 15 is 0 Å². The quantitative estimate of drug-likeness (QED) is 0.546. The Bertz CT molecular complexity index is 1070. The van der Waals surface area contributed by atoms with E-state index in [1.54, 1.807) is 17.3 Å². The van der Waals surface area contributed by atoms with Gasteiger partial charge in [-0.25, -0.2) is 9.78 Å². The van der Waals surface area contributed by atoms with Gasteiger partial charge in [-0.05, 0) is 68.0 Å². The standard InChI is InChI=1S/C23H24N6O2.CH2O2/c30-22-29(21-6-2-4-14-25-21)16-23(31-22)11-9-17(10-12-23)15-26-20-8-7-19(27-28-20)18-5-1-3-13-24-18;2-1-3/h1-8,13-14,17H,9-12,15-16H2,(H,26,28);1H,(H,2,3)/t17-,23-;. The summed E-state index contributed by atoms with van der Waals surface area (Å²) < 4.78 is 5.82. The molecule has 1 amide bonds. The Kier molecular flexibility index (Phi) is 7.26. The molecule has 1 aliphatic carbocycles. The monoisotopic (exact) mass is 462 g/mol. The van der Waals surface area contributed by atoms with Crippen LogP contribution in [-0.4, -0.2) is 56.5 Å². The van der Waals surface area contributed by atoms with Crippen molar-refractivity contribution in [3.63, 3.8) is 0 Å². The number of rotatable bonds is 5. The number of nitrogens with zero attached hydrogens (tertiary/aromatic N) is 5. The average Bonchev–Trinajstić information content (AvgIpc) is 3.21. The third-order valence-electron chi connectivity index (χ3n) is 6.08. The van der Waals surface area contributed by atoms with Crippen molar-refractivity contribution in [1.29, 1.82) is 0 Å². The molecule has 10 heteroatoms. The lowest BCUT2D eigenvalue weighted by atomic mass is 9.78. The topological polar surface area (TPSA) is 130 Å². The molecule has 2 N–H and O–H groups in total. The number of aromatic nitrogens is 4. The summed E-state index contributed by atoms with van der Waals surface area (Å²) in [4.78, 5) is 31.0.